The first-order valence-electron chi connectivity index (χ1n) is 12.7. The van der Waals surface area contributed by atoms with E-state index in [1.807, 2.05) is 0 Å². The summed E-state index contributed by atoms with van der Waals surface area (Å²) in [6.07, 6.45) is 10.3. The smallest absolute Gasteiger partial charge is 0.223 e. The third-order valence-corrected chi connectivity index (χ3v) is 7.80. The van der Waals surface area contributed by atoms with Gasteiger partial charge in [-0.2, -0.15) is 0 Å². The topological polar surface area (TPSA) is 55.8 Å². The van der Waals surface area contributed by atoms with E-state index in [4.69, 9.17) is 0 Å². The third kappa shape index (κ3) is 6.77. The van der Waals surface area contributed by atoms with Crippen LogP contribution in [0, 0.1) is 5.92 Å². The van der Waals surface area contributed by atoms with Gasteiger partial charge in [0.05, 0.1) is 6.10 Å². The van der Waals surface area contributed by atoms with Crippen LogP contribution < -0.4 is 5.32 Å². The van der Waals surface area contributed by atoms with E-state index in [1.165, 1.54) is 50.9 Å². The predicted molar refractivity (Wildman–Crippen MR) is 125 cm³/mol. The van der Waals surface area contributed by atoms with E-state index in [9.17, 15) is 9.90 Å². The number of piperidine rings is 2. The first-order chi connectivity index (χ1) is 15.2. The quantitative estimate of drug-likeness (QED) is 0.702. The Hall–Kier alpha value is -1.43. The van der Waals surface area contributed by atoms with Gasteiger partial charge in [-0.1, -0.05) is 30.3 Å². The molecule has 2 N–H and O–H groups in total. The summed E-state index contributed by atoms with van der Waals surface area (Å²) in [5, 5.41) is 12.9. The van der Waals surface area contributed by atoms with Gasteiger partial charge < -0.3 is 20.2 Å². The monoisotopic (exact) mass is 427 g/mol. The van der Waals surface area contributed by atoms with Crippen LogP contribution >= 0.6 is 0 Å². The number of nitrogens with one attached hydrogen (secondary N) is 1. The molecule has 172 valence electrons. The molecule has 0 bridgehead atoms. The molecule has 2 heterocycles. The van der Waals surface area contributed by atoms with E-state index in [0.717, 1.165) is 51.6 Å². The highest BCUT2D eigenvalue weighted by atomic mass is 16.3. The summed E-state index contributed by atoms with van der Waals surface area (Å²) in [7, 11) is 0. The lowest BCUT2D eigenvalue weighted by Crippen LogP contribution is -2.50. The Kier molecular flexibility index (Phi) is 8.40. The highest BCUT2D eigenvalue weighted by Gasteiger charge is 2.31. The number of hydrogen-bond donors (Lipinski definition) is 2. The van der Waals surface area contributed by atoms with Crippen LogP contribution in [0.25, 0.3) is 0 Å². The van der Waals surface area contributed by atoms with Crippen molar-refractivity contribution in [3.63, 3.8) is 0 Å². The minimum Gasteiger partial charge on any atom is -0.393 e. The van der Waals surface area contributed by atoms with Gasteiger partial charge in [-0.05, 0) is 102 Å². The molecule has 1 aromatic carbocycles. The van der Waals surface area contributed by atoms with Gasteiger partial charge in [0.2, 0.25) is 5.91 Å². The van der Waals surface area contributed by atoms with Crippen molar-refractivity contribution in [2.24, 2.45) is 5.92 Å². The van der Waals surface area contributed by atoms with Gasteiger partial charge in [-0.3, -0.25) is 4.79 Å². The highest BCUT2D eigenvalue weighted by Crippen LogP contribution is 2.25. The van der Waals surface area contributed by atoms with Crippen LogP contribution in [-0.4, -0.2) is 71.7 Å². The largest absolute Gasteiger partial charge is 0.393 e. The molecule has 1 aromatic rings. The Labute approximate surface area is 188 Å². The van der Waals surface area contributed by atoms with Crippen LogP contribution in [0.3, 0.4) is 0 Å². The second kappa shape index (κ2) is 11.4. The second-order valence-corrected chi connectivity index (χ2v) is 9.99. The maximum absolute atomic E-state index is 12.7. The van der Waals surface area contributed by atoms with Gasteiger partial charge in [0.1, 0.15) is 0 Å². The van der Waals surface area contributed by atoms with Crippen LogP contribution in [0.4, 0.5) is 0 Å². The standard InChI is InChI=1S/C26H41N3O2/c30-25-10-8-23(9-11-25)27-26(31)22-12-19-29(20-13-22)24-14-17-28(18-15-24)16-4-7-21-5-2-1-3-6-21/h1-3,5-6,22-25,30H,4,7-20H2,(H,27,31). The summed E-state index contributed by atoms with van der Waals surface area (Å²) in [5.41, 5.74) is 1.45. The maximum Gasteiger partial charge on any atom is 0.223 e. The summed E-state index contributed by atoms with van der Waals surface area (Å²) < 4.78 is 0. The fraction of sp³-hybridized carbons (Fsp3) is 0.731. The fourth-order valence-electron chi connectivity index (χ4n) is 5.73. The van der Waals surface area contributed by atoms with Crippen LogP contribution in [0.15, 0.2) is 30.3 Å². The number of carbonyl (C=O) groups excluding carboxylic acids is 1. The zero-order chi connectivity index (χ0) is 21.5. The molecule has 5 heteroatoms. The van der Waals surface area contributed by atoms with Gasteiger partial charge >= 0.3 is 0 Å². The molecule has 1 aliphatic carbocycles. The predicted octanol–water partition coefficient (Wildman–Crippen LogP) is 3.22. The molecule has 31 heavy (non-hydrogen) atoms. The molecule has 1 saturated carbocycles. The Morgan fingerprint density at radius 2 is 1.58 bits per heavy atom. The SMILES string of the molecule is O=C(NC1CCC(O)CC1)C1CCN(C2CCN(CCCc3ccccc3)CC2)CC1. The summed E-state index contributed by atoms with van der Waals surface area (Å²) in [4.78, 5) is 18.0. The van der Waals surface area contributed by atoms with Crippen LogP contribution in [0.5, 0.6) is 0 Å². The van der Waals surface area contributed by atoms with Gasteiger partial charge in [0, 0.05) is 18.0 Å². The number of hydrogen-bond acceptors (Lipinski definition) is 4. The van der Waals surface area contributed by atoms with Crippen molar-refractivity contribution in [3.05, 3.63) is 35.9 Å². The summed E-state index contributed by atoms with van der Waals surface area (Å²) >= 11 is 0. The molecular weight excluding hydrogens is 386 g/mol. The molecule has 4 rings (SSSR count). The average molecular weight is 428 g/mol. The lowest BCUT2D eigenvalue weighted by atomic mass is 9.90. The van der Waals surface area contributed by atoms with Crippen molar-refractivity contribution in [2.75, 3.05) is 32.7 Å². The number of rotatable bonds is 7. The summed E-state index contributed by atoms with van der Waals surface area (Å²) in [6.45, 7) is 5.78. The number of benzene rings is 1. The molecule has 2 saturated heterocycles. The molecule has 0 aromatic heterocycles. The minimum atomic E-state index is -0.160. The van der Waals surface area contributed by atoms with E-state index in [2.05, 4.69) is 45.4 Å². The normalized spacial score (nSPS) is 27.3. The summed E-state index contributed by atoms with van der Waals surface area (Å²) in [5.74, 6) is 0.440. The van der Waals surface area contributed by atoms with Crippen molar-refractivity contribution in [3.8, 4) is 0 Å². The highest BCUT2D eigenvalue weighted by molar-refractivity contribution is 5.79. The Bertz CT molecular complexity index is 658. The van der Waals surface area contributed by atoms with Crippen molar-refractivity contribution in [1.29, 1.82) is 0 Å². The molecule has 3 aliphatic rings. The molecule has 1 amide bonds. The first-order valence-corrected chi connectivity index (χ1v) is 12.7. The van der Waals surface area contributed by atoms with Crippen molar-refractivity contribution in [1.82, 2.24) is 15.1 Å². The molecule has 0 unspecified atom stereocenters. The van der Waals surface area contributed by atoms with E-state index in [1.54, 1.807) is 0 Å². The number of likely N-dealkylation sites (tertiary alicyclic amines) is 2. The van der Waals surface area contributed by atoms with Gasteiger partial charge in [-0.15, -0.1) is 0 Å². The third-order valence-electron chi connectivity index (χ3n) is 7.80. The Balaban J connectivity index is 1.11. The van der Waals surface area contributed by atoms with Gasteiger partial charge in [0.25, 0.3) is 0 Å². The van der Waals surface area contributed by atoms with Crippen molar-refractivity contribution in [2.45, 2.75) is 82.4 Å². The minimum absolute atomic E-state index is 0.160. The molecule has 0 atom stereocenters. The van der Waals surface area contributed by atoms with Gasteiger partial charge in [-0.25, -0.2) is 0 Å². The van der Waals surface area contributed by atoms with Gasteiger partial charge in [0.15, 0.2) is 0 Å². The number of carbonyl (C=O) groups is 1. The average Bonchev–Trinajstić information content (AvgIpc) is 2.82. The second-order valence-electron chi connectivity index (χ2n) is 9.99. The zero-order valence-corrected chi connectivity index (χ0v) is 19.1. The molecular formula is C26H41N3O2. The number of amides is 1. The fourth-order valence-corrected chi connectivity index (χ4v) is 5.73. The van der Waals surface area contributed by atoms with E-state index >= 15 is 0 Å². The Morgan fingerprint density at radius 3 is 2.26 bits per heavy atom. The van der Waals surface area contributed by atoms with Crippen LogP contribution in [0.2, 0.25) is 0 Å². The van der Waals surface area contributed by atoms with Crippen LogP contribution in [-0.2, 0) is 11.2 Å². The number of aliphatic hydroxyl groups excluding tert-OH is 1. The molecule has 0 radical (unpaired) electrons. The molecule has 2 aliphatic heterocycles. The number of aliphatic hydroxyl groups is 1. The number of aryl methyl sites for hydroxylation is 1. The summed E-state index contributed by atoms with van der Waals surface area (Å²) in [6, 6.07) is 11.8. The first kappa shape index (κ1) is 22.8. The Morgan fingerprint density at radius 1 is 0.903 bits per heavy atom. The van der Waals surface area contributed by atoms with E-state index in [-0.39, 0.29) is 24.0 Å². The number of nitrogens with zero attached hydrogens (tertiary/aromatic N) is 2. The lowest BCUT2D eigenvalue weighted by molar-refractivity contribution is -0.127. The van der Waals surface area contributed by atoms with Crippen molar-refractivity contribution >= 4 is 5.91 Å². The van der Waals surface area contributed by atoms with E-state index in [0.29, 0.717) is 6.04 Å². The molecule has 3 fully saturated rings. The van der Waals surface area contributed by atoms with Crippen LogP contribution in [0.1, 0.15) is 63.4 Å². The van der Waals surface area contributed by atoms with Crippen molar-refractivity contribution < 1.29 is 9.90 Å². The van der Waals surface area contributed by atoms with E-state index < -0.39 is 0 Å². The maximum atomic E-state index is 12.7. The zero-order valence-electron chi connectivity index (χ0n) is 19.1. The lowest BCUT2D eigenvalue weighted by Gasteiger charge is -2.41. The molecule has 5 nitrogen and oxygen atoms in total. The molecule has 0 spiro atoms.